The summed E-state index contributed by atoms with van der Waals surface area (Å²) in [6.07, 6.45) is 8.03. The van der Waals surface area contributed by atoms with Gasteiger partial charge in [-0.2, -0.15) is 9.37 Å². The molecule has 6 rings (SSSR count). The van der Waals surface area contributed by atoms with Gasteiger partial charge in [-0.1, -0.05) is 18.9 Å². The molecule has 3 saturated carbocycles. The summed E-state index contributed by atoms with van der Waals surface area (Å²) < 4.78 is 34.4. The number of ether oxygens (including phenoxy) is 1. The number of anilines is 1. The first-order valence-electron chi connectivity index (χ1n) is 12.7. The molecule has 7 nitrogen and oxygen atoms in total. The Kier molecular flexibility index (Phi) is 5.93. The number of benzene rings is 1. The number of nitrogens with zero attached hydrogens (tertiary/aromatic N) is 5. The van der Waals surface area contributed by atoms with E-state index < -0.39 is 12.1 Å². The minimum absolute atomic E-state index is 0.0544. The van der Waals surface area contributed by atoms with Crippen molar-refractivity contribution in [1.82, 2.24) is 20.2 Å². The molecule has 9 heteroatoms. The Balaban J connectivity index is 1.26. The first kappa shape index (κ1) is 23.1. The Labute approximate surface area is 208 Å². The van der Waals surface area contributed by atoms with Crippen LogP contribution in [0.3, 0.4) is 0 Å². The Hall–Kier alpha value is -3.36. The number of methoxy groups -OCH3 is 1. The Morgan fingerprint density at radius 2 is 1.89 bits per heavy atom. The van der Waals surface area contributed by atoms with E-state index >= 15 is 4.39 Å². The van der Waals surface area contributed by atoms with Gasteiger partial charge in [0, 0.05) is 18.2 Å². The van der Waals surface area contributed by atoms with Crippen molar-refractivity contribution in [3.05, 3.63) is 42.5 Å². The molecule has 0 aliphatic heterocycles. The molecule has 2 bridgehead atoms. The zero-order valence-corrected chi connectivity index (χ0v) is 20.1. The molecule has 3 aromatic rings. The molecule has 36 heavy (non-hydrogen) atoms. The second-order valence-electron chi connectivity index (χ2n) is 10.3. The number of hydrogen-bond donors (Lipinski definition) is 1. The smallest absolute Gasteiger partial charge is 0.216 e. The van der Waals surface area contributed by atoms with Crippen LogP contribution in [0.15, 0.2) is 36.5 Å². The van der Waals surface area contributed by atoms with E-state index in [-0.39, 0.29) is 29.4 Å². The third-order valence-electron chi connectivity index (χ3n) is 7.88. The number of pyridine rings is 1. The highest BCUT2D eigenvalue weighted by molar-refractivity contribution is 5.73. The summed E-state index contributed by atoms with van der Waals surface area (Å²) in [4.78, 5) is 10.3. The molecule has 1 N–H and O–H groups in total. The summed E-state index contributed by atoms with van der Waals surface area (Å²) >= 11 is 0. The largest absolute Gasteiger partial charge is 0.507 e. The Bertz CT molecular complexity index is 1250. The number of phenols is 1. The molecule has 0 unspecified atom stereocenters. The van der Waals surface area contributed by atoms with E-state index in [1.807, 2.05) is 0 Å². The minimum Gasteiger partial charge on any atom is -0.507 e. The highest BCUT2D eigenvalue weighted by Gasteiger charge is 2.46. The molecule has 188 valence electrons. The quantitative estimate of drug-likeness (QED) is 0.464. The van der Waals surface area contributed by atoms with Crippen molar-refractivity contribution in [2.75, 3.05) is 12.0 Å². The van der Waals surface area contributed by atoms with E-state index in [0.717, 1.165) is 38.5 Å². The fourth-order valence-electron chi connectivity index (χ4n) is 6.02. The average molecular weight is 494 g/mol. The lowest BCUT2D eigenvalue weighted by atomic mass is 9.69. The Morgan fingerprint density at radius 3 is 2.61 bits per heavy atom. The summed E-state index contributed by atoms with van der Waals surface area (Å²) in [5.41, 5.74) is 1.53. The molecular formula is C27H29F2N5O2. The maximum absolute atomic E-state index is 15.5. The second kappa shape index (κ2) is 9.26. The highest BCUT2D eigenvalue weighted by atomic mass is 19.1. The van der Waals surface area contributed by atoms with Crippen LogP contribution in [0.25, 0.3) is 22.5 Å². The molecule has 2 heterocycles. The summed E-state index contributed by atoms with van der Waals surface area (Å²) in [6, 6.07) is 7.91. The molecule has 0 radical (unpaired) electrons. The van der Waals surface area contributed by atoms with Crippen LogP contribution >= 0.6 is 0 Å². The van der Waals surface area contributed by atoms with Gasteiger partial charge in [-0.25, -0.2) is 9.37 Å². The molecular weight excluding hydrogens is 464 g/mol. The molecule has 0 saturated heterocycles. The van der Waals surface area contributed by atoms with E-state index in [9.17, 15) is 9.50 Å². The fourth-order valence-corrected chi connectivity index (χ4v) is 6.02. The van der Waals surface area contributed by atoms with Crippen LogP contribution in [0.2, 0.25) is 0 Å². The highest BCUT2D eigenvalue weighted by Crippen LogP contribution is 2.46. The number of fused-ring (bicyclic) bond motifs is 2. The first-order valence-corrected chi connectivity index (χ1v) is 12.7. The lowest BCUT2D eigenvalue weighted by molar-refractivity contribution is 0.0631. The number of hydrogen-bond acceptors (Lipinski definition) is 7. The number of halogens is 2. The lowest BCUT2D eigenvalue weighted by Crippen LogP contribution is -2.52. The van der Waals surface area contributed by atoms with Gasteiger partial charge < -0.3 is 14.7 Å². The van der Waals surface area contributed by atoms with Crippen molar-refractivity contribution in [1.29, 1.82) is 0 Å². The second-order valence-corrected chi connectivity index (χ2v) is 10.3. The van der Waals surface area contributed by atoms with Crippen LogP contribution in [0, 0.1) is 17.8 Å². The van der Waals surface area contributed by atoms with Gasteiger partial charge in [-0.05, 0) is 67.2 Å². The number of phenolic OH excluding ortho intramolecular Hbond substituents is 1. The Morgan fingerprint density at radius 1 is 1.03 bits per heavy atom. The SMILES string of the molecule is COc1cc(-c2ccc(-c3ncc(N(C4CC4)[C@@H]4C[C@H]5CCC[C@H](C5)[C@@H]4F)nn3)c(O)c2)cc(F)n1. The van der Waals surface area contributed by atoms with Crippen molar-refractivity contribution >= 4 is 5.82 Å². The molecule has 2 aromatic heterocycles. The summed E-state index contributed by atoms with van der Waals surface area (Å²) in [5, 5.41) is 19.4. The van der Waals surface area contributed by atoms with Gasteiger partial charge >= 0.3 is 0 Å². The fraction of sp³-hybridized carbons (Fsp3) is 0.481. The van der Waals surface area contributed by atoms with Gasteiger partial charge in [0.1, 0.15) is 11.9 Å². The maximum atomic E-state index is 15.5. The van der Waals surface area contributed by atoms with Crippen molar-refractivity contribution in [2.45, 2.75) is 63.2 Å². The lowest BCUT2D eigenvalue weighted by Gasteiger charge is -2.46. The number of aromatic hydroxyl groups is 1. The minimum atomic E-state index is -0.850. The summed E-state index contributed by atoms with van der Waals surface area (Å²) in [7, 11) is 1.41. The van der Waals surface area contributed by atoms with E-state index in [2.05, 4.69) is 25.1 Å². The predicted molar refractivity (Wildman–Crippen MR) is 131 cm³/mol. The van der Waals surface area contributed by atoms with Gasteiger partial charge in [0.25, 0.3) is 0 Å². The zero-order chi connectivity index (χ0) is 24.8. The van der Waals surface area contributed by atoms with Gasteiger partial charge in [0.2, 0.25) is 11.8 Å². The van der Waals surface area contributed by atoms with Crippen LogP contribution < -0.4 is 9.64 Å². The zero-order valence-electron chi connectivity index (χ0n) is 20.1. The molecule has 3 aliphatic rings. The average Bonchev–Trinajstić information content (AvgIpc) is 3.73. The topological polar surface area (TPSA) is 84.3 Å². The number of rotatable bonds is 6. The third kappa shape index (κ3) is 4.35. The molecule has 0 amide bonds. The summed E-state index contributed by atoms with van der Waals surface area (Å²) in [5.74, 6) is 1.03. The van der Waals surface area contributed by atoms with Crippen molar-refractivity contribution < 1.29 is 18.6 Å². The number of alkyl halides is 1. The van der Waals surface area contributed by atoms with Crippen molar-refractivity contribution in [2.24, 2.45) is 11.8 Å². The standard InChI is InChI=1S/C27H29F2N5O2/c1-36-25-13-18(12-23(28)31-25)16-5-8-20(22(35)11-16)27-30-14-24(32-33-27)34(19-6-7-19)21-10-15-3-2-4-17(9-15)26(21)29/h5,8,11-15,17,19,21,26,35H,2-4,6-7,9-10H2,1H3/t15-,17+,21+,26-/m0/s1. The van der Waals surface area contributed by atoms with Crippen LogP contribution in [0.1, 0.15) is 44.9 Å². The molecule has 0 spiro atoms. The van der Waals surface area contributed by atoms with Gasteiger partial charge in [-0.3, -0.25) is 0 Å². The van der Waals surface area contributed by atoms with E-state index in [1.165, 1.54) is 25.7 Å². The van der Waals surface area contributed by atoms with Crippen LogP contribution in [0.4, 0.5) is 14.6 Å². The predicted octanol–water partition coefficient (Wildman–Crippen LogP) is 5.34. The summed E-state index contributed by atoms with van der Waals surface area (Å²) in [6.45, 7) is 0. The van der Waals surface area contributed by atoms with E-state index in [1.54, 1.807) is 24.4 Å². The third-order valence-corrected chi connectivity index (χ3v) is 7.88. The molecule has 1 aromatic carbocycles. The van der Waals surface area contributed by atoms with Crippen LogP contribution in [-0.4, -0.2) is 50.6 Å². The van der Waals surface area contributed by atoms with Gasteiger partial charge in [-0.15, -0.1) is 10.2 Å². The normalized spacial score (nSPS) is 25.4. The number of aromatic nitrogens is 4. The van der Waals surface area contributed by atoms with Gasteiger partial charge in [0.15, 0.2) is 11.6 Å². The molecule has 4 atom stereocenters. The van der Waals surface area contributed by atoms with Gasteiger partial charge in [0.05, 0.1) is 24.9 Å². The monoisotopic (exact) mass is 493 g/mol. The maximum Gasteiger partial charge on any atom is 0.216 e. The van der Waals surface area contributed by atoms with Crippen molar-refractivity contribution in [3.63, 3.8) is 0 Å². The van der Waals surface area contributed by atoms with E-state index in [0.29, 0.717) is 34.5 Å². The molecule has 3 fully saturated rings. The van der Waals surface area contributed by atoms with Crippen LogP contribution in [-0.2, 0) is 0 Å². The van der Waals surface area contributed by atoms with E-state index in [4.69, 9.17) is 4.74 Å². The first-order chi connectivity index (χ1) is 17.5. The molecule has 3 aliphatic carbocycles. The van der Waals surface area contributed by atoms with Crippen molar-refractivity contribution in [3.8, 4) is 34.1 Å². The van der Waals surface area contributed by atoms with Crippen LogP contribution in [0.5, 0.6) is 11.6 Å².